The predicted octanol–water partition coefficient (Wildman–Crippen LogP) is 3.83. The van der Waals surface area contributed by atoms with Crippen molar-refractivity contribution < 1.29 is 9.53 Å². The largest absolute Gasteiger partial charge is 0.489 e. The molecule has 0 fully saturated rings. The summed E-state index contributed by atoms with van der Waals surface area (Å²) >= 11 is 0. The molecule has 0 atom stereocenters. The van der Waals surface area contributed by atoms with E-state index in [4.69, 9.17) is 4.74 Å². The molecule has 0 saturated heterocycles. The molecule has 3 rings (SSSR count). The number of aromatic nitrogens is 3. The molecule has 1 aromatic carbocycles. The molecule has 28 heavy (non-hydrogen) atoms. The van der Waals surface area contributed by atoms with Gasteiger partial charge >= 0.3 is 0 Å². The topological polar surface area (TPSA) is 89.0 Å². The van der Waals surface area contributed by atoms with E-state index in [9.17, 15) is 4.79 Å². The number of aryl methyl sites for hydroxylation is 1. The Balaban J connectivity index is 1.74. The fourth-order valence-corrected chi connectivity index (χ4v) is 2.57. The molecule has 1 amide bonds. The van der Waals surface area contributed by atoms with Gasteiger partial charge in [0.1, 0.15) is 23.1 Å². The highest BCUT2D eigenvalue weighted by atomic mass is 16.5. The Morgan fingerprint density at radius 1 is 1.11 bits per heavy atom. The second-order valence-electron chi connectivity index (χ2n) is 6.48. The van der Waals surface area contributed by atoms with Crippen LogP contribution in [0.15, 0.2) is 54.7 Å². The Morgan fingerprint density at radius 2 is 1.89 bits per heavy atom. The first kappa shape index (κ1) is 19.3. The summed E-state index contributed by atoms with van der Waals surface area (Å²) in [6.07, 6.45) is 1.74. The molecular formula is C21H23N5O2. The van der Waals surface area contributed by atoms with Crippen molar-refractivity contribution in [1.29, 1.82) is 0 Å². The standard InChI is InChI=1S/C21H23N5O2/c1-14(2)28-19-10-5-4-9-17(19)26-21(27)18-12-20(25-15(3)24-18)23-13-16-8-6-7-11-22-16/h4-12,14H,13H2,1-3H3,(H,26,27)(H,23,24,25). The number of nitrogens with one attached hydrogen (secondary N) is 2. The summed E-state index contributed by atoms with van der Waals surface area (Å²) in [5, 5.41) is 6.05. The summed E-state index contributed by atoms with van der Waals surface area (Å²) < 4.78 is 5.75. The van der Waals surface area contributed by atoms with E-state index < -0.39 is 0 Å². The highest BCUT2D eigenvalue weighted by Gasteiger charge is 2.14. The second kappa shape index (κ2) is 8.94. The molecule has 0 saturated carbocycles. The van der Waals surface area contributed by atoms with E-state index in [2.05, 4.69) is 25.6 Å². The Labute approximate surface area is 164 Å². The Bertz CT molecular complexity index is 945. The lowest BCUT2D eigenvalue weighted by molar-refractivity contribution is 0.102. The highest BCUT2D eigenvalue weighted by molar-refractivity contribution is 6.04. The van der Waals surface area contributed by atoms with Crippen LogP contribution < -0.4 is 15.4 Å². The van der Waals surface area contributed by atoms with Crippen LogP contribution in [0.25, 0.3) is 0 Å². The Hall–Kier alpha value is -3.48. The van der Waals surface area contributed by atoms with Crippen LogP contribution in [-0.4, -0.2) is 27.0 Å². The normalized spacial score (nSPS) is 10.6. The van der Waals surface area contributed by atoms with Crippen molar-refractivity contribution in [3.05, 3.63) is 71.9 Å². The van der Waals surface area contributed by atoms with Crippen LogP contribution >= 0.6 is 0 Å². The summed E-state index contributed by atoms with van der Waals surface area (Å²) in [5.74, 6) is 1.36. The molecule has 3 aromatic rings. The summed E-state index contributed by atoms with van der Waals surface area (Å²) in [4.78, 5) is 25.6. The van der Waals surface area contributed by atoms with Gasteiger partial charge in [-0.1, -0.05) is 18.2 Å². The van der Waals surface area contributed by atoms with Crippen molar-refractivity contribution in [2.45, 2.75) is 33.4 Å². The molecule has 0 radical (unpaired) electrons. The lowest BCUT2D eigenvalue weighted by Crippen LogP contribution is -2.17. The van der Waals surface area contributed by atoms with Crippen molar-refractivity contribution >= 4 is 17.4 Å². The number of nitrogens with zero attached hydrogens (tertiary/aromatic N) is 3. The van der Waals surface area contributed by atoms with Crippen LogP contribution in [0.3, 0.4) is 0 Å². The smallest absolute Gasteiger partial charge is 0.274 e. The number of hydrogen-bond acceptors (Lipinski definition) is 6. The van der Waals surface area contributed by atoms with E-state index in [1.165, 1.54) is 0 Å². The van der Waals surface area contributed by atoms with Crippen LogP contribution in [-0.2, 0) is 6.54 Å². The molecule has 0 unspecified atom stereocenters. The number of pyridine rings is 1. The first-order valence-electron chi connectivity index (χ1n) is 9.08. The fraction of sp³-hybridized carbons (Fsp3) is 0.238. The van der Waals surface area contributed by atoms with Crippen LogP contribution in [0.1, 0.15) is 35.9 Å². The van der Waals surface area contributed by atoms with Gasteiger partial charge in [-0.3, -0.25) is 9.78 Å². The molecule has 0 aliphatic carbocycles. The van der Waals surface area contributed by atoms with Gasteiger partial charge in [0.2, 0.25) is 0 Å². The van der Waals surface area contributed by atoms with Gasteiger partial charge in [0, 0.05) is 12.3 Å². The van der Waals surface area contributed by atoms with Crippen LogP contribution in [0, 0.1) is 6.92 Å². The third kappa shape index (κ3) is 5.26. The number of carbonyl (C=O) groups is 1. The van der Waals surface area contributed by atoms with E-state index in [0.29, 0.717) is 29.6 Å². The minimum absolute atomic E-state index is 0.00162. The maximum Gasteiger partial charge on any atom is 0.274 e. The van der Waals surface area contributed by atoms with Gasteiger partial charge in [0.15, 0.2) is 0 Å². The number of anilines is 2. The summed E-state index contributed by atoms with van der Waals surface area (Å²) in [6, 6.07) is 14.6. The molecule has 7 heteroatoms. The number of benzene rings is 1. The average Bonchev–Trinajstić information content (AvgIpc) is 2.68. The molecule has 2 aromatic heterocycles. The molecule has 0 aliphatic heterocycles. The third-order valence-electron chi connectivity index (χ3n) is 3.75. The van der Waals surface area contributed by atoms with Gasteiger partial charge in [-0.05, 0) is 45.0 Å². The first-order chi connectivity index (χ1) is 13.5. The van der Waals surface area contributed by atoms with Crippen molar-refractivity contribution in [2.75, 3.05) is 10.6 Å². The third-order valence-corrected chi connectivity index (χ3v) is 3.75. The van der Waals surface area contributed by atoms with Gasteiger partial charge in [-0.2, -0.15) is 0 Å². The Kier molecular flexibility index (Phi) is 6.16. The molecule has 2 heterocycles. The van der Waals surface area contributed by atoms with Gasteiger partial charge in [-0.25, -0.2) is 9.97 Å². The molecule has 7 nitrogen and oxygen atoms in total. The summed E-state index contributed by atoms with van der Waals surface area (Å²) in [7, 11) is 0. The van der Waals surface area contributed by atoms with E-state index in [1.807, 2.05) is 50.2 Å². The van der Waals surface area contributed by atoms with Crippen LogP contribution in [0.5, 0.6) is 5.75 Å². The van der Waals surface area contributed by atoms with Crippen molar-refractivity contribution in [2.24, 2.45) is 0 Å². The number of para-hydroxylation sites is 2. The molecule has 0 aliphatic rings. The Morgan fingerprint density at radius 3 is 2.64 bits per heavy atom. The lowest BCUT2D eigenvalue weighted by atomic mass is 10.2. The molecule has 144 valence electrons. The van der Waals surface area contributed by atoms with Crippen molar-refractivity contribution in [3.63, 3.8) is 0 Å². The lowest BCUT2D eigenvalue weighted by Gasteiger charge is -2.15. The fourth-order valence-electron chi connectivity index (χ4n) is 2.57. The van der Waals surface area contributed by atoms with E-state index in [-0.39, 0.29) is 17.7 Å². The van der Waals surface area contributed by atoms with Crippen molar-refractivity contribution in [3.8, 4) is 5.75 Å². The minimum atomic E-state index is -0.328. The SMILES string of the molecule is Cc1nc(NCc2ccccn2)cc(C(=O)Nc2ccccc2OC(C)C)n1. The molecule has 0 spiro atoms. The minimum Gasteiger partial charge on any atom is -0.489 e. The quantitative estimate of drug-likeness (QED) is 0.650. The van der Waals surface area contributed by atoms with E-state index >= 15 is 0 Å². The van der Waals surface area contributed by atoms with Crippen LogP contribution in [0.4, 0.5) is 11.5 Å². The molecular weight excluding hydrogens is 354 g/mol. The zero-order valence-electron chi connectivity index (χ0n) is 16.1. The van der Waals surface area contributed by atoms with Gasteiger partial charge in [0.05, 0.1) is 24.0 Å². The maximum atomic E-state index is 12.7. The summed E-state index contributed by atoms with van der Waals surface area (Å²) in [5.41, 5.74) is 1.75. The second-order valence-corrected chi connectivity index (χ2v) is 6.48. The molecule has 0 bridgehead atoms. The van der Waals surface area contributed by atoms with Crippen molar-refractivity contribution in [1.82, 2.24) is 15.0 Å². The van der Waals surface area contributed by atoms with Gasteiger partial charge < -0.3 is 15.4 Å². The van der Waals surface area contributed by atoms with Gasteiger partial charge in [0.25, 0.3) is 5.91 Å². The van der Waals surface area contributed by atoms with Crippen LogP contribution in [0.2, 0.25) is 0 Å². The number of amides is 1. The monoisotopic (exact) mass is 377 g/mol. The maximum absolute atomic E-state index is 12.7. The summed E-state index contributed by atoms with van der Waals surface area (Å²) in [6.45, 7) is 6.12. The molecule has 2 N–H and O–H groups in total. The first-order valence-corrected chi connectivity index (χ1v) is 9.08. The predicted molar refractivity (Wildman–Crippen MR) is 108 cm³/mol. The highest BCUT2D eigenvalue weighted by Crippen LogP contribution is 2.25. The number of carbonyl (C=O) groups excluding carboxylic acids is 1. The van der Waals surface area contributed by atoms with Gasteiger partial charge in [-0.15, -0.1) is 0 Å². The average molecular weight is 377 g/mol. The number of hydrogen-bond donors (Lipinski definition) is 2. The number of rotatable bonds is 7. The zero-order valence-corrected chi connectivity index (χ0v) is 16.1. The van der Waals surface area contributed by atoms with E-state index in [0.717, 1.165) is 5.69 Å². The van der Waals surface area contributed by atoms with E-state index in [1.54, 1.807) is 25.3 Å². The number of ether oxygens (including phenoxy) is 1. The zero-order chi connectivity index (χ0) is 19.9.